The normalized spacial score (nSPS) is 23.3. The van der Waals surface area contributed by atoms with E-state index in [-0.39, 0.29) is 5.91 Å². The first-order valence-electron chi connectivity index (χ1n) is 6.16. The van der Waals surface area contributed by atoms with Gasteiger partial charge in [-0.15, -0.1) is 12.3 Å². The summed E-state index contributed by atoms with van der Waals surface area (Å²) in [5.41, 5.74) is 5.74. The van der Waals surface area contributed by atoms with Crippen LogP contribution in [0.4, 0.5) is 0 Å². The molecular weight excluding hydrogens is 200 g/mol. The van der Waals surface area contributed by atoms with Gasteiger partial charge in [0, 0.05) is 19.5 Å². The lowest BCUT2D eigenvalue weighted by atomic mass is 9.98. The molecule has 2 N–H and O–H groups in total. The Bertz CT molecular complexity index is 270. The molecule has 1 heterocycles. The minimum atomic E-state index is -0.511. The quantitative estimate of drug-likeness (QED) is 0.733. The van der Waals surface area contributed by atoms with Crippen molar-refractivity contribution in [1.29, 1.82) is 0 Å². The minimum absolute atomic E-state index is 0.0229. The van der Waals surface area contributed by atoms with Crippen molar-refractivity contribution in [2.75, 3.05) is 13.1 Å². The van der Waals surface area contributed by atoms with Gasteiger partial charge >= 0.3 is 0 Å². The highest BCUT2D eigenvalue weighted by Crippen LogP contribution is 2.20. The molecule has 0 saturated carbocycles. The second-order valence-electron chi connectivity index (χ2n) is 4.55. The predicted octanol–water partition coefficient (Wildman–Crippen LogP) is 1.38. The molecule has 1 aliphatic rings. The van der Waals surface area contributed by atoms with Gasteiger partial charge in [-0.2, -0.15) is 0 Å². The second-order valence-corrected chi connectivity index (χ2v) is 4.55. The van der Waals surface area contributed by atoms with Crippen LogP contribution < -0.4 is 5.73 Å². The van der Waals surface area contributed by atoms with E-state index in [4.69, 9.17) is 12.2 Å². The zero-order valence-corrected chi connectivity index (χ0v) is 10.1. The Morgan fingerprint density at radius 3 is 2.94 bits per heavy atom. The summed E-state index contributed by atoms with van der Waals surface area (Å²) in [5, 5.41) is 0. The zero-order chi connectivity index (χ0) is 12.0. The number of rotatable bonds is 3. The largest absolute Gasteiger partial charge is 0.341 e. The van der Waals surface area contributed by atoms with Crippen LogP contribution in [0.25, 0.3) is 0 Å². The number of carbonyl (C=O) groups is 1. The maximum Gasteiger partial charge on any atom is 0.240 e. The molecule has 0 aromatic rings. The molecule has 1 rings (SSSR count). The summed E-state index contributed by atoms with van der Waals surface area (Å²) in [4.78, 5) is 13.8. The average molecular weight is 222 g/mol. The number of hydrogen-bond donors (Lipinski definition) is 1. The van der Waals surface area contributed by atoms with Gasteiger partial charge in [0.1, 0.15) is 0 Å². The van der Waals surface area contributed by atoms with Crippen LogP contribution in [0, 0.1) is 18.3 Å². The first-order valence-corrected chi connectivity index (χ1v) is 6.16. The fraction of sp³-hybridized carbons (Fsp3) is 0.769. The van der Waals surface area contributed by atoms with Gasteiger partial charge in [-0.25, -0.2) is 0 Å². The van der Waals surface area contributed by atoms with Crippen LogP contribution in [0.3, 0.4) is 0 Å². The van der Waals surface area contributed by atoms with Crippen molar-refractivity contribution in [2.24, 2.45) is 11.7 Å². The third-order valence-corrected chi connectivity index (χ3v) is 3.39. The summed E-state index contributed by atoms with van der Waals surface area (Å²) in [5.74, 6) is 3.24. The molecule has 1 aliphatic heterocycles. The predicted molar refractivity (Wildman–Crippen MR) is 65.6 cm³/mol. The number of nitrogens with zero attached hydrogens (tertiary/aromatic N) is 1. The van der Waals surface area contributed by atoms with Gasteiger partial charge in [0.05, 0.1) is 6.04 Å². The molecular formula is C13H22N2O. The highest BCUT2D eigenvalue weighted by atomic mass is 16.2. The van der Waals surface area contributed by atoms with E-state index in [0.29, 0.717) is 6.42 Å². The molecule has 16 heavy (non-hydrogen) atoms. The summed E-state index contributed by atoms with van der Waals surface area (Å²) in [6.07, 6.45) is 10.1. The number of amides is 1. The Balaban J connectivity index is 2.48. The Hall–Kier alpha value is -1.01. The Morgan fingerprint density at radius 2 is 2.31 bits per heavy atom. The number of nitrogens with two attached hydrogens (primary N) is 1. The van der Waals surface area contributed by atoms with E-state index in [1.54, 1.807) is 0 Å². The van der Waals surface area contributed by atoms with Gasteiger partial charge in [0.15, 0.2) is 0 Å². The topological polar surface area (TPSA) is 46.3 Å². The van der Waals surface area contributed by atoms with E-state index in [1.807, 2.05) is 4.90 Å². The summed E-state index contributed by atoms with van der Waals surface area (Å²) < 4.78 is 0. The van der Waals surface area contributed by atoms with Gasteiger partial charge in [-0.1, -0.05) is 13.3 Å². The minimum Gasteiger partial charge on any atom is -0.341 e. The van der Waals surface area contributed by atoms with Gasteiger partial charge < -0.3 is 10.6 Å². The maximum atomic E-state index is 11.9. The molecule has 0 radical (unpaired) electrons. The fourth-order valence-electron chi connectivity index (χ4n) is 2.24. The van der Waals surface area contributed by atoms with Crippen molar-refractivity contribution in [3.05, 3.63) is 0 Å². The highest BCUT2D eigenvalue weighted by molar-refractivity contribution is 5.82. The van der Waals surface area contributed by atoms with E-state index >= 15 is 0 Å². The molecule has 0 aromatic heterocycles. The van der Waals surface area contributed by atoms with Gasteiger partial charge in [0.25, 0.3) is 0 Å². The van der Waals surface area contributed by atoms with Crippen LogP contribution in [0.2, 0.25) is 0 Å². The van der Waals surface area contributed by atoms with Crippen LogP contribution >= 0.6 is 0 Å². The van der Waals surface area contributed by atoms with Crippen molar-refractivity contribution in [3.8, 4) is 12.3 Å². The summed E-state index contributed by atoms with van der Waals surface area (Å²) in [6.45, 7) is 3.90. The number of hydrogen-bond acceptors (Lipinski definition) is 2. The monoisotopic (exact) mass is 222 g/mol. The van der Waals surface area contributed by atoms with Crippen molar-refractivity contribution < 1.29 is 4.79 Å². The Kier molecular flexibility index (Phi) is 5.34. The van der Waals surface area contributed by atoms with E-state index in [0.717, 1.165) is 31.8 Å². The van der Waals surface area contributed by atoms with Crippen LogP contribution in [-0.4, -0.2) is 29.9 Å². The third-order valence-electron chi connectivity index (χ3n) is 3.39. The molecule has 0 aliphatic carbocycles. The van der Waals surface area contributed by atoms with Crippen molar-refractivity contribution in [2.45, 2.75) is 45.1 Å². The van der Waals surface area contributed by atoms with E-state index in [2.05, 4.69) is 12.8 Å². The zero-order valence-electron chi connectivity index (χ0n) is 10.1. The third kappa shape index (κ3) is 3.53. The van der Waals surface area contributed by atoms with Crippen LogP contribution in [0.15, 0.2) is 0 Å². The Labute approximate surface area is 98.4 Å². The Morgan fingerprint density at radius 1 is 1.56 bits per heavy atom. The molecule has 0 spiro atoms. The number of terminal acetylenes is 1. The molecule has 0 bridgehead atoms. The molecule has 3 heteroatoms. The van der Waals surface area contributed by atoms with Gasteiger partial charge in [-0.3, -0.25) is 4.79 Å². The summed E-state index contributed by atoms with van der Waals surface area (Å²) in [7, 11) is 0. The lowest BCUT2D eigenvalue weighted by Crippen LogP contribution is -2.44. The lowest BCUT2D eigenvalue weighted by molar-refractivity contribution is -0.132. The van der Waals surface area contributed by atoms with Crippen LogP contribution in [0.1, 0.15) is 39.0 Å². The highest BCUT2D eigenvalue weighted by Gasteiger charge is 2.23. The number of carbonyl (C=O) groups excluding carboxylic acids is 1. The average Bonchev–Trinajstić information content (AvgIpc) is 2.53. The standard InChI is InChI=1S/C13H22N2O/c1-3-6-12(14)13(16)15-9-5-7-11(4-2)8-10-15/h1,11-12H,4-10,14H2,2H3. The first-order chi connectivity index (χ1) is 7.69. The van der Waals surface area contributed by atoms with Crippen molar-refractivity contribution >= 4 is 5.91 Å². The number of likely N-dealkylation sites (tertiary alicyclic amines) is 1. The molecule has 1 amide bonds. The summed E-state index contributed by atoms with van der Waals surface area (Å²) >= 11 is 0. The molecule has 2 unspecified atom stereocenters. The smallest absolute Gasteiger partial charge is 0.240 e. The molecule has 0 aromatic carbocycles. The van der Waals surface area contributed by atoms with Gasteiger partial charge in [-0.05, 0) is 25.2 Å². The van der Waals surface area contributed by atoms with E-state index < -0.39 is 6.04 Å². The summed E-state index contributed by atoms with van der Waals surface area (Å²) in [6, 6.07) is -0.511. The fourth-order valence-corrected chi connectivity index (χ4v) is 2.24. The van der Waals surface area contributed by atoms with E-state index in [1.165, 1.54) is 12.8 Å². The molecule has 2 atom stereocenters. The van der Waals surface area contributed by atoms with Gasteiger partial charge in [0.2, 0.25) is 5.91 Å². The molecule has 90 valence electrons. The lowest BCUT2D eigenvalue weighted by Gasteiger charge is -2.23. The maximum absolute atomic E-state index is 11.9. The van der Waals surface area contributed by atoms with Crippen molar-refractivity contribution in [3.63, 3.8) is 0 Å². The molecule has 3 nitrogen and oxygen atoms in total. The molecule has 1 fully saturated rings. The van der Waals surface area contributed by atoms with E-state index in [9.17, 15) is 4.79 Å². The van der Waals surface area contributed by atoms with Crippen LogP contribution in [-0.2, 0) is 4.79 Å². The van der Waals surface area contributed by atoms with Crippen LogP contribution in [0.5, 0.6) is 0 Å². The van der Waals surface area contributed by atoms with Crippen molar-refractivity contribution in [1.82, 2.24) is 4.90 Å². The SMILES string of the molecule is C#CCC(N)C(=O)N1CCCC(CC)CC1. The first kappa shape index (κ1) is 13.1. The molecule has 1 saturated heterocycles. The second kappa shape index (κ2) is 6.55.